The number of benzene rings is 1. The van der Waals surface area contributed by atoms with Gasteiger partial charge in [-0.3, -0.25) is 14.4 Å². The highest BCUT2D eigenvalue weighted by molar-refractivity contribution is 6.33. The molecule has 49 heavy (non-hydrogen) atoms. The number of alkyl halides is 3. The Bertz CT molecular complexity index is 1940. The van der Waals surface area contributed by atoms with E-state index in [-0.39, 0.29) is 38.6 Å². The van der Waals surface area contributed by atoms with Crippen LogP contribution in [0.3, 0.4) is 0 Å². The molecular weight excluding hydrogens is 694 g/mol. The minimum Gasteiger partial charge on any atom is -0.504 e. The van der Waals surface area contributed by atoms with Gasteiger partial charge in [-0.05, 0) is 37.1 Å². The highest BCUT2D eigenvalue weighted by Gasteiger charge is 2.32. The molecule has 2 N–H and O–H groups in total. The van der Waals surface area contributed by atoms with Crippen LogP contribution >= 0.6 is 23.2 Å². The van der Waals surface area contributed by atoms with Crippen molar-refractivity contribution >= 4 is 58.6 Å². The minimum absolute atomic E-state index is 0.0633. The molecule has 0 unspecified atom stereocenters. The quantitative estimate of drug-likeness (QED) is 0.294. The van der Waals surface area contributed by atoms with E-state index in [1.807, 2.05) is 9.80 Å². The molecule has 3 aromatic heterocycles. The lowest BCUT2D eigenvalue weighted by molar-refractivity contribution is -0.137. The van der Waals surface area contributed by atoms with Crippen LogP contribution < -0.4 is 20.7 Å². The van der Waals surface area contributed by atoms with Crippen molar-refractivity contribution in [1.29, 1.82) is 0 Å². The summed E-state index contributed by atoms with van der Waals surface area (Å²) < 4.78 is 45.4. The van der Waals surface area contributed by atoms with Crippen molar-refractivity contribution < 1.29 is 32.6 Å². The van der Waals surface area contributed by atoms with E-state index in [2.05, 4.69) is 20.0 Å². The molecule has 0 aliphatic carbocycles. The normalized spacial score (nSPS) is 16.3. The van der Waals surface area contributed by atoms with Gasteiger partial charge in [0, 0.05) is 52.0 Å². The van der Waals surface area contributed by atoms with Gasteiger partial charge in [0.15, 0.2) is 11.4 Å². The number of halogens is 5. The number of ether oxygens (including phenoxy) is 1. The van der Waals surface area contributed by atoms with Gasteiger partial charge in [-0.1, -0.05) is 23.2 Å². The number of aryl methyl sites for hydroxylation is 1. The average molecular weight is 725 g/mol. The van der Waals surface area contributed by atoms with Crippen LogP contribution in [0.5, 0.6) is 5.75 Å². The Kier molecular flexibility index (Phi) is 9.85. The summed E-state index contributed by atoms with van der Waals surface area (Å²) in [5.41, 5.74) is 0.649. The van der Waals surface area contributed by atoms with Crippen LogP contribution in [0.2, 0.25) is 10.0 Å². The first-order valence-corrected chi connectivity index (χ1v) is 16.0. The number of nitrogens with zero attached hydrogens (tertiary/aromatic N) is 8. The molecular formula is C30H30Cl2F3N9O5. The molecule has 0 radical (unpaired) electrons. The number of rotatable bonds is 5. The first kappa shape index (κ1) is 34.3. The fraction of sp³-hybridized carbons (Fsp3) is 0.400. The molecule has 14 nitrogen and oxygen atoms in total. The Morgan fingerprint density at radius 3 is 2.41 bits per heavy atom. The van der Waals surface area contributed by atoms with Crippen LogP contribution in [0, 0.1) is 0 Å². The third-order valence-electron chi connectivity index (χ3n) is 8.38. The van der Waals surface area contributed by atoms with Gasteiger partial charge in [0.2, 0.25) is 18.1 Å². The number of anilines is 3. The number of piperazine rings is 1. The number of carbonyl (C=O) groups is 2. The summed E-state index contributed by atoms with van der Waals surface area (Å²) in [6, 6.07) is 4.13. The summed E-state index contributed by atoms with van der Waals surface area (Å²) in [5, 5.41) is 16.8. The van der Waals surface area contributed by atoms with Crippen LogP contribution in [-0.2, 0) is 28.7 Å². The Labute approximate surface area is 286 Å². The monoisotopic (exact) mass is 723 g/mol. The molecule has 6 heterocycles. The van der Waals surface area contributed by atoms with E-state index in [0.29, 0.717) is 76.3 Å². The predicted octanol–water partition coefficient (Wildman–Crippen LogP) is 3.32. The van der Waals surface area contributed by atoms with E-state index in [1.54, 1.807) is 4.90 Å². The molecule has 7 rings (SSSR count). The van der Waals surface area contributed by atoms with E-state index in [9.17, 15) is 32.7 Å². The van der Waals surface area contributed by atoms with Crippen LogP contribution in [0.1, 0.15) is 28.2 Å². The van der Waals surface area contributed by atoms with Gasteiger partial charge in [-0.15, -0.1) is 5.10 Å². The van der Waals surface area contributed by atoms with Crippen molar-refractivity contribution in [3.05, 3.63) is 67.8 Å². The first-order chi connectivity index (χ1) is 23.5. The van der Waals surface area contributed by atoms with Gasteiger partial charge in [0.05, 0.1) is 40.2 Å². The van der Waals surface area contributed by atoms with E-state index >= 15 is 0 Å². The number of amides is 2. The summed E-state index contributed by atoms with van der Waals surface area (Å²) in [5.74, 6) is 0.427. The highest BCUT2D eigenvalue weighted by atomic mass is 35.5. The third-order valence-corrected chi connectivity index (χ3v) is 8.99. The fourth-order valence-corrected chi connectivity index (χ4v) is 6.31. The van der Waals surface area contributed by atoms with Crippen molar-refractivity contribution in [2.45, 2.75) is 25.6 Å². The van der Waals surface area contributed by atoms with Gasteiger partial charge in [-0.2, -0.15) is 22.7 Å². The van der Waals surface area contributed by atoms with E-state index in [4.69, 9.17) is 32.9 Å². The molecule has 3 aliphatic heterocycles. The number of morpholine rings is 1. The molecule has 3 aliphatic rings. The van der Waals surface area contributed by atoms with Crippen molar-refractivity contribution in [3.8, 4) is 5.75 Å². The molecule has 1 aromatic carbocycles. The van der Waals surface area contributed by atoms with E-state index < -0.39 is 11.7 Å². The Balaban J connectivity index is 0.000000251. The first-order valence-electron chi connectivity index (χ1n) is 15.3. The number of pyridine rings is 1. The van der Waals surface area contributed by atoms with Gasteiger partial charge < -0.3 is 34.4 Å². The number of hydrogen-bond donors (Lipinski definition) is 2. The predicted molar refractivity (Wildman–Crippen MR) is 174 cm³/mol. The molecule has 2 fully saturated rings. The topological polar surface area (TPSA) is 150 Å². The SMILES string of the molecule is O=C(c1nccc(Cl)c1O)N1CCN(c2c3n(c4nc(N5CCOCC5)nn4c2=O)CCC3)CC1.O=CNc1ccc(C(F)(F)F)cc1Cl. The van der Waals surface area contributed by atoms with Gasteiger partial charge in [-0.25, -0.2) is 4.98 Å². The molecule has 260 valence electrons. The van der Waals surface area contributed by atoms with Gasteiger partial charge >= 0.3 is 6.18 Å². The largest absolute Gasteiger partial charge is 0.504 e. The van der Waals surface area contributed by atoms with Gasteiger partial charge in [0.25, 0.3) is 11.5 Å². The molecule has 0 bridgehead atoms. The maximum absolute atomic E-state index is 13.6. The maximum Gasteiger partial charge on any atom is 0.416 e. The standard InChI is InChI=1S/C22H25ClN8O4.C8H5ClF3NO/c23-14-3-4-24-16(18(14)32)19(33)28-8-6-27(7-9-28)17-15-2-1-5-30(15)22-25-21(26-31(22)20(17)34)29-10-12-35-13-11-29;9-6-3-5(8(10,11)12)1-2-7(6)13-4-14/h3-4,32H,1-2,5-13H2;1-4H,(H,13,14). The summed E-state index contributed by atoms with van der Waals surface area (Å²) in [7, 11) is 0. The maximum atomic E-state index is 13.6. The second-order valence-electron chi connectivity index (χ2n) is 11.3. The van der Waals surface area contributed by atoms with Crippen LogP contribution in [-0.4, -0.2) is 99.0 Å². The van der Waals surface area contributed by atoms with Crippen molar-refractivity contribution in [3.63, 3.8) is 0 Å². The Morgan fingerprint density at radius 1 is 1.00 bits per heavy atom. The summed E-state index contributed by atoms with van der Waals surface area (Å²) >= 11 is 11.4. The van der Waals surface area contributed by atoms with Crippen molar-refractivity contribution in [1.82, 2.24) is 29.0 Å². The molecule has 19 heteroatoms. The number of hydrogen-bond acceptors (Lipinski definition) is 10. The number of aromatic hydroxyl groups is 1. The Hall–Kier alpha value is -4.61. The van der Waals surface area contributed by atoms with Crippen molar-refractivity contribution in [2.24, 2.45) is 0 Å². The smallest absolute Gasteiger partial charge is 0.416 e. The molecule has 2 amide bonds. The zero-order valence-electron chi connectivity index (χ0n) is 25.8. The second kappa shape index (κ2) is 14.1. The molecule has 0 atom stereocenters. The fourth-order valence-electron chi connectivity index (χ4n) is 5.93. The lowest BCUT2D eigenvalue weighted by atomic mass is 10.2. The second-order valence-corrected chi connectivity index (χ2v) is 12.1. The molecule has 4 aromatic rings. The zero-order valence-corrected chi connectivity index (χ0v) is 27.3. The molecule has 0 saturated carbocycles. The van der Waals surface area contributed by atoms with Gasteiger partial charge in [0.1, 0.15) is 5.69 Å². The van der Waals surface area contributed by atoms with Crippen LogP contribution in [0.25, 0.3) is 5.78 Å². The summed E-state index contributed by atoms with van der Waals surface area (Å²) in [4.78, 5) is 51.0. The van der Waals surface area contributed by atoms with Crippen LogP contribution in [0.4, 0.5) is 30.5 Å². The summed E-state index contributed by atoms with van der Waals surface area (Å²) in [6.45, 7) is 5.13. The Morgan fingerprint density at radius 2 is 1.73 bits per heavy atom. The minimum atomic E-state index is -4.43. The molecule has 2 saturated heterocycles. The lowest BCUT2D eigenvalue weighted by Crippen LogP contribution is -2.50. The number of fused-ring (bicyclic) bond motifs is 3. The van der Waals surface area contributed by atoms with Crippen molar-refractivity contribution in [2.75, 3.05) is 67.6 Å². The number of aromatic nitrogens is 5. The van der Waals surface area contributed by atoms with E-state index in [0.717, 1.165) is 43.3 Å². The molecule has 0 spiro atoms. The third kappa shape index (κ3) is 6.95. The number of nitrogens with one attached hydrogen (secondary N) is 1. The van der Waals surface area contributed by atoms with E-state index in [1.165, 1.54) is 16.8 Å². The number of carbonyl (C=O) groups excluding carboxylic acids is 2. The lowest BCUT2D eigenvalue weighted by Gasteiger charge is -2.36. The average Bonchev–Trinajstić information content (AvgIpc) is 3.76. The summed E-state index contributed by atoms with van der Waals surface area (Å²) in [6.07, 6.45) is -0.962. The van der Waals surface area contributed by atoms with Crippen LogP contribution in [0.15, 0.2) is 35.3 Å². The zero-order chi connectivity index (χ0) is 34.9. The highest BCUT2D eigenvalue weighted by Crippen LogP contribution is 2.34.